The highest BCUT2D eigenvalue weighted by molar-refractivity contribution is 5.94. The van der Waals surface area contributed by atoms with Crippen molar-refractivity contribution >= 4 is 5.91 Å². The molecule has 0 spiro atoms. The van der Waals surface area contributed by atoms with E-state index in [1.54, 1.807) is 18.0 Å². The van der Waals surface area contributed by atoms with Gasteiger partial charge in [0, 0.05) is 37.2 Å². The second-order valence-electron chi connectivity index (χ2n) is 7.88. The number of carbonyl (C=O) groups excluding carboxylic acids is 1. The number of hydrogen-bond acceptors (Lipinski definition) is 5. The predicted molar refractivity (Wildman–Crippen MR) is 118 cm³/mol. The van der Waals surface area contributed by atoms with Crippen LogP contribution in [0, 0.1) is 13.8 Å². The molecule has 0 N–H and O–H groups in total. The van der Waals surface area contributed by atoms with Gasteiger partial charge in [-0.15, -0.1) is 0 Å². The second-order valence-corrected chi connectivity index (χ2v) is 7.88. The molecule has 2 aromatic heterocycles. The normalized spacial score (nSPS) is 15.8. The number of carbonyl (C=O) groups is 1. The Morgan fingerprint density at radius 1 is 1.26 bits per heavy atom. The van der Waals surface area contributed by atoms with Crippen LogP contribution in [-0.4, -0.2) is 51.9 Å². The lowest BCUT2D eigenvalue weighted by Gasteiger charge is -2.26. The van der Waals surface area contributed by atoms with Crippen LogP contribution < -0.4 is 4.74 Å². The topological polar surface area (TPSA) is 69.5 Å². The number of hydrogen-bond donors (Lipinski definition) is 0. The van der Waals surface area contributed by atoms with Crippen LogP contribution in [0.25, 0.3) is 5.82 Å². The number of nitrogens with zero attached hydrogens (tertiary/aromatic N) is 4. The Labute approximate surface area is 182 Å². The highest BCUT2D eigenvalue weighted by Crippen LogP contribution is 2.23. The van der Waals surface area contributed by atoms with Gasteiger partial charge in [0.15, 0.2) is 5.82 Å². The fraction of sp³-hybridized carbons (Fsp3) is 0.375. The summed E-state index contributed by atoms with van der Waals surface area (Å²) in [7, 11) is 1.65. The van der Waals surface area contributed by atoms with Gasteiger partial charge in [-0.1, -0.05) is 18.2 Å². The summed E-state index contributed by atoms with van der Waals surface area (Å²) in [5, 5.41) is 4.46. The molecule has 1 aromatic carbocycles. The van der Waals surface area contributed by atoms with Crippen LogP contribution in [0.2, 0.25) is 0 Å². The maximum Gasteiger partial charge on any atom is 0.255 e. The monoisotopic (exact) mass is 420 g/mol. The van der Waals surface area contributed by atoms with Crippen LogP contribution in [0.15, 0.2) is 48.7 Å². The Balaban J connectivity index is 1.58. The van der Waals surface area contributed by atoms with E-state index in [0.29, 0.717) is 24.5 Å². The molecule has 4 rings (SSSR count). The summed E-state index contributed by atoms with van der Waals surface area (Å²) in [6.07, 6.45) is 3.67. The van der Waals surface area contributed by atoms with E-state index >= 15 is 0 Å². The zero-order valence-corrected chi connectivity index (χ0v) is 18.2. The lowest BCUT2D eigenvalue weighted by atomic mass is 10.1. The smallest absolute Gasteiger partial charge is 0.255 e. The SMILES string of the molecule is COc1ccccc1CN(CC1CCCO1)C(=O)c1ccc(-n2nc(C)cc2C)nc1. The fourth-order valence-electron chi connectivity index (χ4n) is 3.97. The first-order valence-electron chi connectivity index (χ1n) is 10.6. The van der Waals surface area contributed by atoms with Gasteiger partial charge in [0.2, 0.25) is 0 Å². The molecule has 0 aliphatic carbocycles. The molecular formula is C24H28N4O3. The minimum atomic E-state index is -0.0752. The molecule has 1 saturated heterocycles. The summed E-state index contributed by atoms with van der Waals surface area (Å²) in [6.45, 7) is 5.66. The minimum Gasteiger partial charge on any atom is -0.496 e. The van der Waals surface area contributed by atoms with Gasteiger partial charge in [0.25, 0.3) is 5.91 Å². The molecule has 0 bridgehead atoms. The lowest BCUT2D eigenvalue weighted by Crippen LogP contribution is -2.37. The van der Waals surface area contributed by atoms with E-state index in [2.05, 4.69) is 10.1 Å². The quantitative estimate of drug-likeness (QED) is 0.583. The third-order valence-corrected chi connectivity index (χ3v) is 5.51. The van der Waals surface area contributed by atoms with Gasteiger partial charge in [0.1, 0.15) is 5.75 Å². The molecule has 1 aliphatic heterocycles. The molecule has 3 aromatic rings. The number of methoxy groups -OCH3 is 1. The molecule has 7 heteroatoms. The van der Waals surface area contributed by atoms with Crippen molar-refractivity contribution in [2.24, 2.45) is 0 Å². The van der Waals surface area contributed by atoms with E-state index < -0.39 is 0 Å². The molecule has 31 heavy (non-hydrogen) atoms. The van der Waals surface area contributed by atoms with E-state index in [9.17, 15) is 4.79 Å². The Morgan fingerprint density at radius 2 is 2.10 bits per heavy atom. The van der Waals surface area contributed by atoms with E-state index in [1.807, 2.05) is 61.2 Å². The molecule has 1 fully saturated rings. The van der Waals surface area contributed by atoms with E-state index in [1.165, 1.54) is 0 Å². The van der Waals surface area contributed by atoms with Crippen LogP contribution in [-0.2, 0) is 11.3 Å². The lowest BCUT2D eigenvalue weighted by molar-refractivity contribution is 0.0505. The first-order chi connectivity index (χ1) is 15.0. The number of aromatic nitrogens is 3. The second kappa shape index (κ2) is 9.31. The number of para-hydroxylation sites is 1. The third-order valence-electron chi connectivity index (χ3n) is 5.51. The summed E-state index contributed by atoms with van der Waals surface area (Å²) in [5.74, 6) is 1.39. The number of rotatable bonds is 7. The molecule has 1 unspecified atom stereocenters. The number of amides is 1. The predicted octanol–water partition coefficient (Wildman–Crippen LogP) is 3.71. The van der Waals surface area contributed by atoms with Crippen LogP contribution in [0.3, 0.4) is 0 Å². The first-order valence-corrected chi connectivity index (χ1v) is 10.6. The zero-order valence-electron chi connectivity index (χ0n) is 18.2. The Kier molecular flexibility index (Phi) is 6.32. The van der Waals surface area contributed by atoms with Crippen molar-refractivity contribution in [1.82, 2.24) is 19.7 Å². The number of ether oxygens (including phenoxy) is 2. The molecule has 0 saturated carbocycles. The van der Waals surface area contributed by atoms with Crippen LogP contribution >= 0.6 is 0 Å². The van der Waals surface area contributed by atoms with E-state index in [-0.39, 0.29) is 12.0 Å². The van der Waals surface area contributed by atoms with Gasteiger partial charge in [-0.3, -0.25) is 4.79 Å². The molecule has 3 heterocycles. The van der Waals surface area contributed by atoms with Gasteiger partial charge in [-0.2, -0.15) is 5.10 Å². The third kappa shape index (κ3) is 4.77. The minimum absolute atomic E-state index is 0.0561. The summed E-state index contributed by atoms with van der Waals surface area (Å²) >= 11 is 0. The Morgan fingerprint density at radius 3 is 2.74 bits per heavy atom. The van der Waals surface area contributed by atoms with Crippen molar-refractivity contribution in [1.29, 1.82) is 0 Å². The number of aryl methyl sites for hydroxylation is 2. The summed E-state index contributed by atoms with van der Waals surface area (Å²) < 4.78 is 13.1. The molecule has 0 radical (unpaired) electrons. The first kappa shape index (κ1) is 21.1. The van der Waals surface area contributed by atoms with E-state index in [4.69, 9.17) is 9.47 Å². The average Bonchev–Trinajstić information content (AvgIpc) is 3.42. The van der Waals surface area contributed by atoms with Crippen molar-refractivity contribution in [3.8, 4) is 11.6 Å². The van der Waals surface area contributed by atoms with E-state index in [0.717, 1.165) is 42.1 Å². The highest BCUT2D eigenvalue weighted by Gasteiger charge is 2.25. The molecule has 162 valence electrons. The van der Waals surface area contributed by atoms with Crippen molar-refractivity contribution in [2.75, 3.05) is 20.3 Å². The van der Waals surface area contributed by atoms with Crippen LogP contribution in [0.4, 0.5) is 0 Å². The zero-order chi connectivity index (χ0) is 21.8. The summed E-state index contributed by atoms with van der Waals surface area (Å²) in [4.78, 5) is 19.7. The number of benzene rings is 1. The molecule has 1 aliphatic rings. The van der Waals surface area contributed by atoms with Gasteiger partial charge in [-0.25, -0.2) is 9.67 Å². The summed E-state index contributed by atoms with van der Waals surface area (Å²) in [6, 6.07) is 13.4. The maximum absolute atomic E-state index is 13.4. The average molecular weight is 421 g/mol. The number of pyridine rings is 1. The fourth-order valence-corrected chi connectivity index (χ4v) is 3.97. The van der Waals surface area contributed by atoms with Crippen molar-refractivity contribution in [3.63, 3.8) is 0 Å². The molecular weight excluding hydrogens is 392 g/mol. The largest absolute Gasteiger partial charge is 0.496 e. The van der Waals surface area contributed by atoms with Gasteiger partial charge in [0.05, 0.1) is 24.5 Å². The maximum atomic E-state index is 13.4. The van der Waals surface area contributed by atoms with Crippen molar-refractivity contribution in [3.05, 3.63) is 71.2 Å². The van der Waals surface area contributed by atoms with Crippen LogP contribution in [0.5, 0.6) is 5.75 Å². The van der Waals surface area contributed by atoms with Crippen LogP contribution in [0.1, 0.15) is 40.2 Å². The van der Waals surface area contributed by atoms with Crippen molar-refractivity contribution < 1.29 is 14.3 Å². The summed E-state index contributed by atoms with van der Waals surface area (Å²) in [5.41, 5.74) is 3.43. The van der Waals surface area contributed by atoms with Gasteiger partial charge < -0.3 is 14.4 Å². The highest BCUT2D eigenvalue weighted by atomic mass is 16.5. The van der Waals surface area contributed by atoms with Crippen molar-refractivity contribution in [2.45, 2.75) is 39.3 Å². The molecule has 7 nitrogen and oxygen atoms in total. The van der Waals surface area contributed by atoms with Gasteiger partial charge >= 0.3 is 0 Å². The standard InChI is InChI=1S/C24H28N4O3/c1-17-13-18(2)28(26-17)23-11-10-19(14-25-23)24(29)27(16-21-8-6-12-31-21)15-20-7-4-5-9-22(20)30-3/h4-5,7,9-11,13-14,21H,6,8,12,15-16H2,1-3H3. The molecule has 1 amide bonds. The van der Waals surface area contributed by atoms with Gasteiger partial charge in [-0.05, 0) is 51.0 Å². The Hall–Kier alpha value is -3.19. The Bertz CT molecular complexity index is 1040. The molecule has 1 atom stereocenters.